The van der Waals surface area contributed by atoms with Crippen LogP contribution < -0.4 is 5.73 Å². The lowest BCUT2D eigenvalue weighted by molar-refractivity contribution is 0.561. The SMILES string of the molecule is Cc1ccccc1CC(N)c1cc(F)ccc1F. The lowest BCUT2D eigenvalue weighted by Crippen LogP contribution is -2.15. The highest BCUT2D eigenvalue weighted by molar-refractivity contribution is 5.29. The van der Waals surface area contributed by atoms with Crippen LogP contribution in [0.4, 0.5) is 8.78 Å². The highest BCUT2D eigenvalue weighted by atomic mass is 19.1. The highest BCUT2D eigenvalue weighted by Crippen LogP contribution is 2.21. The fourth-order valence-corrected chi connectivity index (χ4v) is 1.98. The molecule has 2 N–H and O–H groups in total. The molecule has 18 heavy (non-hydrogen) atoms. The van der Waals surface area contributed by atoms with Crippen molar-refractivity contribution < 1.29 is 8.78 Å². The zero-order chi connectivity index (χ0) is 13.1. The summed E-state index contributed by atoms with van der Waals surface area (Å²) in [6, 6.07) is 10.6. The summed E-state index contributed by atoms with van der Waals surface area (Å²) in [5.41, 5.74) is 8.33. The van der Waals surface area contributed by atoms with Crippen LogP contribution in [0.2, 0.25) is 0 Å². The van der Waals surface area contributed by atoms with Crippen LogP contribution in [-0.2, 0) is 6.42 Å². The summed E-state index contributed by atoms with van der Waals surface area (Å²) in [6.07, 6.45) is 0.493. The van der Waals surface area contributed by atoms with Gasteiger partial charge in [0.1, 0.15) is 11.6 Å². The number of benzene rings is 2. The zero-order valence-corrected chi connectivity index (χ0v) is 10.2. The van der Waals surface area contributed by atoms with Crippen molar-refractivity contribution in [3.05, 3.63) is 70.8 Å². The van der Waals surface area contributed by atoms with Gasteiger partial charge in [0.2, 0.25) is 0 Å². The van der Waals surface area contributed by atoms with Crippen molar-refractivity contribution in [3.63, 3.8) is 0 Å². The molecule has 0 aliphatic rings. The molecule has 2 rings (SSSR count). The van der Waals surface area contributed by atoms with Crippen molar-refractivity contribution in [2.45, 2.75) is 19.4 Å². The maximum atomic E-state index is 13.6. The van der Waals surface area contributed by atoms with Crippen LogP contribution in [0.25, 0.3) is 0 Å². The van der Waals surface area contributed by atoms with Crippen LogP contribution in [0.5, 0.6) is 0 Å². The van der Waals surface area contributed by atoms with Crippen LogP contribution in [0.1, 0.15) is 22.7 Å². The van der Waals surface area contributed by atoms with Crippen LogP contribution in [0.15, 0.2) is 42.5 Å². The molecular weight excluding hydrogens is 232 g/mol. The molecule has 0 fully saturated rings. The average molecular weight is 247 g/mol. The van der Waals surface area contributed by atoms with Gasteiger partial charge in [-0.1, -0.05) is 24.3 Å². The molecule has 2 aromatic carbocycles. The van der Waals surface area contributed by atoms with Gasteiger partial charge >= 0.3 is 0 Å². The number of rotatable bonds is 3. The molecule has 0 bridgehead atoms. The van der Waals surface area contributed by atoms with E-state index in [1.807, 2.05) is 31.2 Å². The maximum Gasteiger partial charge on any atom is 0.128 e. The van der Waals surface area contributed by atoms with Crippen LogP contribution in [0.3, 0.4) is 0 Å². The van der Waals surface area contributed by atoms with Crippen LogP contribution >= 0.6 is 0 Å². The molecule has 0 saturated carbocycles. The van der Waals surface area contributed by atoms with E-state index in [0.29, 0.717) is 6.42 Å². The predicted molar refractivity (Wildman–Crippen MR) is 68.2 cm³/mol. The van der Waals surface area contributed by atoms with Crippen molar-refractivity contribution in [1.29, 1.82) is 0 Å². The van der Waals surface area contributed by atoms with E-state index in [-0.39, 0.29) is 5.56 Å². The Balaban J connectivity index is 2.25. The van der Waals surface area contributed by atoms with Crippen molar-refractivity contribution in [2.75, 3.05) is 0 Å². The molecule has 3 heteroatoms. The smallest absolute Gasteiger partial charge is 0.128 e. The topological polar surface area (TPSA) is 26.0 Å². The minimum absolute atomic E-state index is 0.221. The van der Waals surface area contributed by atoms with E-state index in [9.17, 15) is 8.78 Å². The van der Waals surface area contributed by atoms with Crippen molar-refractivity contribution >= 4 is 0 Å². The Hall–Kier alpha value is -1.74. The van der Waals surface area contributed by atoms with Gasteiger partial charge in [0.05, 0.1) is 0 Å². The Labute approximate surface area is 105 Å². The number of hydrogen-bond donors (Lipinski definition) is 1. The summed E-state index contributed by atoms with van der Waals surface area (Å²) in [6.45, 7) is 1.98. The molecule has 1 atom stereocenters. The largest absolute Gasteiger partial charge is 0.324 e. The second-order valence-electron chi connectivity index (χ2n) is 4.40. The van der Waals surface area contributed by atoms with Gasteiger partial charge in [-0.05, 0) is 42.7 Å². The number of halogens is 2. The van der Waals surface area contributed by atoms with Gasteiger partial charge in [0.25, 0.3) is 0 Å². The van der Waals surface area contributed by atoms with E-state index in [1.54, 1.807) is 0 Å². The molecule has 0 amide bonds. The first-order chi connectivity index (χ1) is 8.58. The maximum absolute atomic E-state index is 13.6. The third-order valence-corrected chi connectivity index (χ3v) is 3.06. The van der Waals surface area contributed by atoms with Gasteiger partial charge < -0.3 is 5.73 Å². The van der Waals surface area contributed by atoms with Crippen LogP contribution in [-0.4, -0.2) is 0 Å². The average Bonchev–Trinajstić information content (AvgIpc) is 2.35. The normalized spacial score (nSPS) is 12.4. The first kappa shape index (κ1) is 12.7. The monoisotopic (exact) mass is 247 g/mol. The van der Waals surface area contributed by atoms with Gasteiger partial charge in [-0.15, -0.1) is 0 Å². The first-order valence-corrected chi connectivity index (χ1v) is 5.83. The van der Waals surface area contributed by atoms with E-state index < -0.39 is 17.7 Å². The summed E-state index contributed by atoms with van der Waals surface area (Å²) in [5.74, 6) is -0.927. The molecule has 0 radical (unpaired) electrons. The molecule has 1 unspecified atom stereocenters. The second kappa shape index (κ2) is 5.27. The minimum atomic E-state index is -0.540. The minimum Gasteiger partial charge on any atom is -0.324 e. The van der Waals surface area contributed by atoms with E-state index in [4.69, 9.17) is 5.73 Å². The fraction of sp³-hybridized carbons (Fsp3) is 0.200. The summed E-state index contributed by atoms with van der Waals surface area (Å²) < 4.78 is 26.7. The van der Waals surface area contributed by atoms with Crippen molar-refractivity contribution in [1.82, 2.24) is 0 Å². The Morgan fingerprint density at radius 2 is 1.83 bits per heavy atom. The van der Waals surface area contributed by atoms with Gasteiger partial charge in [-0.25, -0.2) is 8.78 Å². The Morgan fingerprint density at radius 1 is 1.11 bits per heavy atom. The van der Waals surface area contributed by atoms with Crippen molar-refractivity contribution in [3.8, 4) is 0 Å². The molecular formula is C15H15F2N. The van der Waals surface area contributed by atoms with E-state index in [2.05, 4.69) is 0 Å². The molecule has 0 aliphatic heterocycles. The molecule has 2 aromatic rings. The van der Waals surface area contributed by atoms with Crippen molar-refractivity contribution in [2.24, 2.45) is 5.73 Å². The third kappa shape index (κ3) is 2.74. The zero-order valence-electron chi connectivity index (χ0n) is 10.2. The van der Waals surface area contributed by atoms with Gasteiger partial charge in [0, 0.05) is 11.6 Å². The van der Waals surface area contributed by atoms with E-state index in [1.165, 1.54) is 0 Å². The number of hydrogen-bond acceptors (Lipinski definition) is 1. The van der Waals surface area contributed by atoms with Gasteiger partial charge in [0.15, 0.2) is 0 Å². The molecule has 94 valence electrons. The van der Waals surface area contributed by atoms with Crippen LogP contribution in [0, 0.1) is 18.6 Å². The number of nitrogens with two attached hydrogens (primary N) is 1. The molecule has 1 nitrogen and oxygen atoms in total. The second-order valence-corrected chi connectivity index (χ2v) is 4.40. The lowest BCUT2D eigenvalue weighted by atomic mass is 9.96. The molecule has 0 spiro atoms. The standard InChI is InChI=1S/C15H15F2N/c1-10-4-2-3-5-11(10)8-15(18)13-9-12(16)6-7-14(13)17/h2-7,9,15H,8,18H2,1H3. The van der Waals surface area contributed by atoms with Gasteiger partial charge in [-0.2, -0.15) is 0 Å². The van der Waals surface area contributed by atoms with E-state index >= 15 is 0 Å². The van der Waals surface area contributed by atoms with E-state index in [0.717, 1.165) is 29.3 Å². The molecule has 0 heterocycles. The Bertz CT molecular complexity index is 552. The highest BCUT2D eigenvalue weighted by Gasteiger charge is 2.13. The molecule has 0 saturated heterocycles. The quantitative estimate of drug-likeness (QED) is 0.882. The predicted octanol–water partition coefficient (Wildman–Crippen LogP) is 3.52. The summed E-state index contributed by atoms with van der Waals surface area (Å²) in [4.78, 5) is 0. The molecule has 0 aliphatic carbocycles. The summed E-state index contributed by atoms with van der Waals surface area (Å²) in [5, 5.41) is 0. The Morgan fingerprint density at radius 3 is 2.56 bits per heavy atom. The number of aryl methyl sites for hydroxylation is 1. The first-order valence-electron chi connectivity index (χ1n) is 5.83. The third-order valence-electron chi connectivity index (χ3n) is 3.06. The molecule has 0 aromatic heterocycles. The lowest BCUT2D eigenvalue weighted by Gasteiger charge is -2.14. The Kier molecular flexibility index (Phi) is 3.72. The fourth-order valence-electron chi connectivity index (χ4n) is 1.98. The summed E-state index contributed by atoms with van der Waals surface area (Å²) >= 11 is 0. The summed E-state index contributed by atoms with van der Waals surface area (Å²) in [7, 11) is 0. The van der Waals surface area contributed by atoms with Gasteiger partial charge in [-0.3, -0.25) is 0 Å².